The number of alkyl halides is 1. The molecular formula is C10H8BrNO6. The van der Waals surface area contributed by atoms with Crippen molar-refractivity contribution in [1.29, 1.82) is 0 Å². The van der Waals surface area contributed by atoms with E-state index in [9.17, 15) is 19.7 Å². The minimum atomic E-state index is -2.28. The van der Waals surface area contributed by atoms with Crippen LogP contribution >= 0.6 is 15.9 Å². The first kappa shape index (κ1) is 14.1. The fourth-order valence-electron chi connectivity index (χ4n) is 1.34. The van der Waals surface area contributed by atoms with E-state index in [1.54, 1.807) is 0 Å². The summed E-state index contributed by atoms with van der Waals surface area (Å²) < 4.78 is -2.28. The van der Waals surface area contributed by atoms with Gasteiger partial charge < -0.3 is 10.2 Å². The zero-order chi connectivity index (χ0) is 13.9. The number of nitrogens with zero attached hydrogens (tertiary/aromatic N) is 1. The second-order valence-electron chi connectivity index (χ2n) is 3.47. The van der Waals surface area contributed by atoms with E-state index >= 15 is 0 Å². The maximum Gasteiger partial charge on any atom is 0.332 e. The van der Waals surface area contributed by atoms with E-state index in [1.807, 2.05) is 0 Å². The van der Waals surface area contributed by atoms with Crippen LogP contribution in [0, 0.1) is 10.1 Å². The molecule has 1 aromatic carbocycles. The average Bonchev–Trinajstić information content (AvgIpc) is 2.28. The van der Waals surface area contributed by atoms with Crippen molar-refractivity contribution in [2.24, 2.45) is 0 Å². The van der Waals surface area contributed by atoms with Crippen LogP contribution in [0.2, 0.25) is 0 Å². The maximum atomic E-state index is 11.0. The van der Waals surface area contributed by atoms with Crippen LogP contribution < -0.4 is 0 Å². The first-order valence-electron chi connectivity index (χ1n) is 4.67. The Bertz CT molecular complexity index is 501. The van der Waals surface area contributed by atoms with E-state index in [1.165, 1.54) is 24.3 Å². The van der Waals surface area contributed by atoms with Gasteiger partial charge in [0.1, 0.15) is 0 Å². The zero-order valence-electron chi connectivity index (χ0n) is 8.87. The van der Waals surface area contributed by atoms with Gasteiger partial charge in [0.05, 0.1) is 4.92 Å². The fourth-order valence-corrected chi connectivity index (χ4v) is 1.65. The number of nitro groups is 1. The van der Waals surface area contributed by atoms with Gasteiger partial charge in [0, 0.05) is 18.1 Å². The van der Waals surface area contributed by atoms with Crippen LogP contribution in [0.1, 0.15) is 5.56 Å². The number of benzene rings is 1. The van der Waals surface area contributed by atoms with Crippen LogP contribution in [0.4, 0.5) is 5.69 Å². The Balaban J connectivity index is 3.21. The zero-order valence-corrected chi connectivity index (χ0v) is 10.5. The number of nitro benzene ring substituents is 1. The Morgan fingerprint density at radius 2 is 1.78 bits per heavy atom. The number of hydrogen-bond acceptors (Lipinski definition) is 4. The molecule has 2 N–H and O–H groups in total. The number of carboxylic acid groups (broad SMARTS) is 2. The number of hydrogen-bond donors (Lipinski definition) is 2. The predicted octanol–water partition coefficient (Wildman–Crippen LogP) is 1.44. The van der Waals surface area contributed by atoms with Gasteiger partial charge in [0.15, 0.2) is 0 Å². The van der Waals surface area contributed by atoms with Gasteiger partial charge in [-0.05, 0) is 0 Å². The van der Waals surface area contributed by atoms with Crippen molar-refractivity contribution in [3.63, 3.8) is 0 Å². The number of carbonyl (C=O) groups is 2. The molecule has 0 aromatic heterocycles. The van der Waals surface area contributed by atoms with Crippen LogP contribution in [0.3, 0.4) is 0 Å². The van der Waals surface area contributed by atoms with Crippen LogP contribution in [0.25, 0.3) is 0 Å². The highest BCUT2D eigenvalue weighted by molar-refractivity contribution is 9.10. The lowest BCUT2D eigenvalue weighted by atomic mass is 9.98. The second kappa shape index (κ2) is 5.13. The quantitative estimate of drug-likeness (QED) is 0.367. The summed E-state index contributed by atoms with van der Waals surface area (Å²) in [7, 11) is 0. The molecule has 0 aliphatic rings. The molecule has 0 bridgehead atoms. The first-order valence-corrected chi connectivity index (χ1v) is 5.46. The third-order valence-electron chi connectivity index (χ3n) is 2.30. The molecule has 0 radical (unpaired) electrons. The van der Waals surface area contributed by atoms with E-state index in [0.717, 1.165) is 0 Å². The van der Waals surface area contributed by atoms with Crippen molar-refractivity contribution in [1.82, 2.24) is 0 Å². The highest BCUT2D eigenvalue weighted by Gasteiger charge is 2.45. The van der Waals surface area contributed by atoms with Crippen molar-refractivity contribution in [3.05, 3.63) is 39.9 Å². The third kappa shape index (κ3) is 2.65. The van der Waals surface area contributed by atoms with Gasteiger partial charge in [-0.3, -0.25) is 19.7 Å². The summed E-state index contributed by atoms with van der Waals surface area (Å²) in [5.74, 6) is -3.23. The van der Waals surface area contributed by atoms with Gasteiger partial charge in [0.25, 0.3) is 5.69 Å². The molecule has 0 amide bonds. The Hall–Kier alpha value is -1.96. The maximum absolute atomic E-state index is 11.0. The molecule has 0 aliphatic heterocycles. The van der Waals surface area contributed by atoms with Crippen LogP contribution in [0.15, 0.2) is 24.3 Å². The standard InChI is InChI=1S/C10H8BrNO6/c11-10(8(13)14,9(15)16)5-6-3-1-2-4-7(6)12(17)18/h1-4H,5H2,(H,13,14)(H,15,16). The molecule has 8 heteroatoms. The summed E-state index contributed by atoms with van der Waals surface area (Å²) in [6.07, 6.45) is -0.533. The second-order valence-corrected chi connectivity index (χ2v) is 4.83. The minimum Gasteiger partial charge on any atom is -0.480 e. The number of aliphatic carboxylic acids is 2. The molecule has 18 heavy (non-hydrogen) atoms. The lowest BCUT2D eigenvalue weighted by Gasteiger charge is -2.17. The Kier molecular flexibility index (Phi) is 4.02. The van der Waals surface area contributed by atoms with Crippen molar-refractivity contribution in [3.8, 4) is 0 Å². The molecule has 96 valence electrons. The number of para-hydroxylation sites is 1. The molecule has 7 nitrogen and oxygen atoms in total. The normalized spacial score (nSPS) is 10.9. The van der Waals surface area contributed by atoms with Gasteiger partial charge in [-0.15, -0.1) is 0 Å². The average molecular weight is 318 g/mol. The van der Waals surface area contributed by atoms with Crippen LogP contribution in [-0.4, -0.2) is 31.4 Å². The monoisotopic (exact) mass is 317 g/mol. The molecule has 0 fully saturated rings. The van der Waals surface area contributed by atoms with E-state index in [2.05, 4.69) is 15.9 Å². The molecule has 0 heterocycles. The smallest absolute Gasteiger partial charge is 0.332 e. The largest absolute Gasteiger partial charge is 0.480 e. The summed E-state index contributed by atoms with van der Waals surface area (Å²) in [6, 6.07) is 5.39. The fraction of sp³-hybridized carbons (Fsp3) is 0.200. The predicted molar refractivity (Wildman–Crippen MR) is 63.7 cm³/mol. The Morgan fingerprint density at radius 1 is 1.28 bits per heavy atom. The lowest BCUT2D eigenvalue weighted by molar-refractivity contribution is -0.385. The topological polar surface area (TPSA) is 118 Å². The van der Waals surface area contributed by atoms with Crippen molar-refractivity contribution in [2.75, 3.05) is 0 Å². The summed E-state index contributed by atoms with van der Waals surface area (Å²) in [5, 5.41) is 28.5. The molecule has 0 atom stereocenters. The molecule has 0 saturated carbocycles. The summed E-state index contributed by atoms with van der Waals surface area (Å²) in [5.41, 5.74) is -0.284. The van der Waals surface area contributed by atoms with E-state index in [0.29, 0.717) is 0 Å². The number of halogens is 1. The molecule has 0 spiro atoms. The first-order chi connectivity index (χ1) is 8.29. The summed E-state index contributed by atoms with van der Waals surface area (Å²) in [6.45, 7) is 0. The number of rotatable bonds is 5. The molecular weight excluding hydrogens is 310 g/mol. The van der Waals surface area contributed by atoms with Crippen molar-refractivity contribution >= 4 is 33.6 Å². The summed E-state index contributed by atoms with van der Waals surface area (Å²) >= 11 is 2.61. The van der Waals surface area contributed by atoms with Gasteiger partial charge in [-0.1, -0.05) is 34.1 Å². The number of carboxylic acids is 2. The van der Waals surface area contributed by atoms with Gasteiger partial charge in [-0.2, -0.15) is 0 Å². The van der Waals surface area contributed by atoms with Crippen LogP contribution in [-0.2, 0) is 16.0 Å². The van der Waals surface area contributed by atoms with E-state index in [-0.39, 0.29) is 11.3 Å². The molecule has 0 saturated heterocycles. The molecule has 1 rings (SSSR count). The van der Waals surface area contributed by atoms with E-state index in [4.69, 9.17) is 10.2 Å². The van der Waals surface area contributed by atoms with Gasteiger partial charge in [0.2, 0.25) is 4.32 Å². The lowest BCUT2D eigenvalue weighted by Crippen LogP contribution is -2.42. The molecule has 0 unspecified atom stereocenters. The molecule has 0 aliphatic carbocycles. The Labute approximate surface area is 109 Å². The summed E-state index contributed by atoms with van der Waals surface area (Å²) in [4.78, 5) is 32.0. The van der Waals surface area contributed by atoms with Crippen molar-refractivity contribution in [2.45, 2.75) is 10.7 Å². The van der Waals surface area contributed by atoms with Gasteiger partial charge >= 0.3 is 11.9 Å². The SMILES string of the molecule is O=C(O)C(Br)(Cc1ccccc1[N+](=O)[O-])C(=O)O. The van der Waals surface area contributed by atoms with Gasteiger partial charge in [-0.25, -0.2) is 0 Å². The van der Waals surface area contributed by atoms with Crippen LogP contribution in [0.5, 0.6) is 0 Å². The highest BCUT2D eigenvalue weighted by Crippen LogP contribution is 2.29. The highest BCUT2D eigenvalue weighted by atomic mass is 79.9. The van der Waals surface area contributed by atoms with Crippen molar-refractivity contribution < 1.29 is 24.7 Å². The minimum absolute atomic E-state index is 0.0316. The third-order valence-corrected chi connectivity index (χ3v) is 3.26. The molecule has 1 aromatic rings. The Morgan fingerprint density at radius 3 is 2.22 bits per heavy atom. The van der Waals surface area contributed by atoms with E-state index < -0.39 is 27.6 Å².